The maximum Gasteiger partial charge on any atom is 0.151 e. The Balaban J connectivity index is 2.48. The molecule has 1 aliphatic heterocycles. The lowest BCUT2D eigenvalue weighted by molar-refractivity contribution is -0.121. The van der Waals surface area contributed by atoms with Crippen LogP contribution in [-0.4, -0.2) is 24.5 Å². The summed E-state index contributed by atoms with van der Waals surface area (Å²) in [5.41, 5.74) is 5.11. The molecule has 0 aromatic heterocycles. The minimum absolute atomic E-state index is 0.0370. The Labute approximate surface area is 66.9 Å². The van der Waals surface area contributed by atoms with E-state index >= 15 is 0 Å². The van der Waals surface area contributed by atoms with Gasteiger partial charge < -0.3 is 10.5 Å². The molecule has 64 valence electrons. The van der Waals surface area contributed by atoms with Gasteiger partial charge in [-0.05, 0) is 20.3 Å². The fourth-order valence-electron chi connectivity index (χ4n) is 1.41. The summed E-state index contributed by atoms with van der Waals surface area (Å²) < 4.78 is 5.40. The molecule has 1 heterocycles. The van der Waals surface area contributed by atoms with Crippen LogP contribution in [0.3, 0.4) is 0 Å². The zero-order chi connectivity index (χ0) is 8.48. The van der Waals surface area contributed by atoms with E-state index in [0.29, 0.717) is 6.61 Å². The average Bonchev–Trinajstić information content (AvgIpc) is 2.29. The molecule has 2 N–H and O–H groups in total. The number of rotatable bonds is 2. The molecule has 0 radical (unpaired) electrons. The number of nitrogens with two attached hydrogens (primary N) is 1. The first-order valence-corrected chi connectivity index (χ1v) is 3.92. The second-order valence-corrected chi connectivity index (χ2v) is 3.64. The van der Waals surface area contributed by atoms with E-state index in [-0.39, 0.29) is 23.8 Å². The Bertz CT molecular complexity index is 165. The van der Waals surface area contributed by atoms with Crippen LogP contribution in [0.5, 0.6) is 0 Å². The Morgan fingerprint density at radius 2 is 2.36 bits per heavy atom. The van der Waals surface area contributed by atoms with Crippen molar-refractivity contribution in [2.75, 3.05) is 13.2 Å². The lowest BCUT2D eigenvalue weighted by atomic mass is 9.95. The summed E-state index contributed by atoms with van der Waals surface area (Å²) in [5, 5.41) is 0. The van der Waals surface area contributed by atoms with E-state index in [1.54, 1.807) is 0 Å². The van der Waals surface area contributed by atoms with Gasteiger partial charge in [-0.1, -0.05) is 0 Å². The van der Waals surface area contributed by atoms with Gasteiger partial charge in [0.25, 0.3) is 0 Å². The first-order valence-electron chi connectivity index (χ1n) is 3.92. The first-order chi connectivity index (χ1) is 5.05. The van der Waals surface area contributed by atoms with Gasteiger partial charge in [0.15, 0.2) is 5.78 Å². The van der Waals surface area contributed by atoms with Gasteiger partial charge in [0.05, 0.1) is 18.8 Å². The fraction of sp³-hybridized carbons (Fsp3) is 0.875. The summed E-state index contributed by atoms with van der Waals surface area (Å²) in [4.78, 5) is 11.1. The topological polar surface area (TPSA) is 52.3 Å². The normalized spacial score (nSPS) is 28.8. The lowest BCUT2D eigenvalue weighted by Gasteiger charge is -2.15. The Hall–Kier alpha value is -0.410. The number of hydrogen-bond acceptors (Lipinski definition) is 3. The monoisotopic (exact) mass is 157 g/mol. The van der Waals surface area contributed by atoms with Crippen LogP contribution in [0.2, 0.25) is 0 Å². The van der Waals surface area contributed by atoms with E-state index in [1.165, 1.54) is 0 Å². The number of ketones is 1. The molecule has 0 amide bonds. The summed E-state index contributed by atoms with van der Waals surface area (Å²) in [6, 6.07) is 0. The van der Waals surface area contributed by atoms with Crippen LogP contribution in [0.1, 0.15) is 20.3 Å². The molecule has 0 aliphatic carbocycles. The Morgan fingerprint density at radius 3 is 2.73 bits per heavy atom. The zero-order valence-corrected chi connectivity index (χ0v) is 7.09. The molecule has 1 atom stereocenters. The Kier molecular flexibility index (Phi) is 2.30. The smallest absolute Gasteiger partial charge is 0.151 e. The summed E-state index contributed by atoms with van der Waals surface area (Å²) in [7, 11) is 0. The van der Waals surface area contributed by atoms with Crippen LogP contribution in [0.4, 0.5) is 0 Å². The molecule has 1 aliphatic rings. The SMILES string of the molecule is CC1(C)C[C@H](C(=O)CN)CO1. The van der Waals surface area contributed by atoms with Crippen molar-refractivity contribution in [2.24, 2.45) is 11.7 Å². The van der Waals surface area contributed by atoms with Gasteiger partial charge in [0.2, 0.25) is 0 Å². The van der Waals surface area contributed by atoms with Crippen molar-refractivity contribution >= 4 is 5.78 Å². The quantitative estimate of drug-likeness (QED) is 0.628. The summed E-state index contributed by atoms with van der Waals surface area (Å²) >= 11 is 0. The van der Waals surface area contributed by atoms with Gasteiger partial charge in [0, 0.05) is 5.92 Å². The predicted octanol–water partition coefficient (Wildman–Crippen LogP) is 0.329. The van der Waals surface area contributed by atoms with Crippen molar-refractivity contribution in [2.45, 2.75) is 25.9 Å². The summed E-state index contributed by atoms with van der Waals surface area (Å²) in [6.07, 6.45) is 0.809. The summed E-state index contributed by atoms with van der Waals surface area (Å²) in [5.74, 6) is 0.158. The van der Waals surface area contributed by atoms with Crippen molar-refractivity contribution < 1.29 is 9.53 Å². The van der Waals surface area contributed by atoms with Crippen LogP contribution >= 0.6 is 0 Å². The highest BCUT2D eigenvalue weighted by molar-refractivity contribution is 5.83. The molecule has 0 spiro atoms. The van der Waals surface area contributed by atoms with Crippen LogP contribution in [-0.2, 0) is 9.53 Å². The van der Waals surface area contributed by atoms with E-state index in [0.717, 1.165) is 6.42 Å². The number of Topliss-reactive ketones (excluding diaryl/α,β-unsaturated/α-hetero) is 1. The molecular weight excluding hydrogens is 142 g/mol. The highest BCUT2D eigenvalue weighted by atomic mass is 16.5. The van der Waals surface area contributed by atoms with E-state index in [2.05, 4.69) is 0 Å². The van der Waals surface area contributed by atoms with Crippen molar-refractivity contribution in [1.29, 1.82) is 0 Å². The lowest BCUT2D eigenvalue weighted by Crippen LogP contribution is -2.24. The van der Waals surface area contributed by atoms with E-state index in [9.17, 15) is 4.79 Å². The maximum atomic E-state index is 11.1. The fourth-order valence-corrected chi connectivity index (χ4v) is 1.41. The molecule has 3 heteroatoms. The highest BCUT2D eigenvalue weighted by Crippen LogP contribution is 2.29. The molecule has 0 aromatic carbocycles. The molecular formula is C8H15NO2. The zero-order valence-electron chi connectivity index (χ0n) is 7.09. The van der Waals surface area contributed by atoms with Crippen LogP contribution in [0, 0.1) is 5.92 Å². The van der Waals surface area contributed by atoms with Crippen molar-refractivity contribution in [3.05, 3.63) is 0 Å². The van der Waals surface area contributed by atoms with Crippen LogP contribution in [0.15, 0.2) is 0 Å². The van der Waals surface area contributed by atoms with Gasteiger partial charge in [-0.15, -0.1) is 0 Å². The number of carbonyl (C=O) groups is 1. The van der Waals surface area contributed by atoms with Gasteiger partial charge in [-0.25, -0.2) is 0 Å². The minimum Gasteiger partial charge on any atom is -0.375 e. The number of hydrogen-bond donors (Lipinski definition) is 1. The molecule has 0 saturated carbocycles. The molecule has 1 fully saturated rings. The van der Waals surface area contributed by atoms with Crippen LogP contribution in [0.25, 0.3) is 0 Å². The molecule has 1 saturated heterocycles. The van der Waals surface area contributed by atoms with Crippen molar-refractivity contribution in [1.82, 2.24) is 0 Å². The Morgan fingerprint density at radius 1 is 1.73 bits per heavy atom. The first kappa shape index (κ1) is 8.68. The highest BCUT2D eigenvalue weighted by Gasteiger charge is 2.35. The second-order valence-electron chi connectivity index (χ2n) is 3.64. The molecule has 1 rings (SSSR count). The van der Waals surface area contributed by atoms with Crippen molar-refractivity contribution in [3.8, 4) is 0 Å². The largest absolute Gasteiger partial charge is 0.375 e. The third-order valence-electron chi connectivity index (χ3n) is 2.07. The average molecular weight is 157 g/mol. The maximum absolute atomic E-state index is 11.1. The van der Waals surface area contributed by atoms with E-state index < -0.39 is 0 Å². The van der Waals surface area contributed by atoms with Gasteiger partial charge in [-0.2, -0.15) is 0 Å². The van der Waals surface area contributed by atoms with Gasteiger partial charge >= 0.3 is 0 Å². The van der Waals surface area contributed by atoms with Crippen LogP contribution < -0.4 is 5.73 Å². The molecule has 0 unspecified atom stereocenters. The molecule has 0 aromatic rings. The molecule has 3 nitrogen and oxygen atoms in total. The van der Waals surface area contributed by atoms with Gasteiger partial charge in [0.1, 0.15) is 0 Å². The van der Waals surface area contributed by atoms with E-state index in [1.807, 2.05) is 13.8 Å². The predicted molar refractivity (Wildman–Crippen MR) is 42.2 cm³/mol. The standard InChI is InChI=1S/C8H15NO2/c1-8(2)3-6(5-11-8)7(10)4-9/h6H,3-5,9H2,1-2H3/t6-/m0/s1. The third kappa shape index (κ3) is 2.01. The third-order valence-corrected chi connectivity index (χ3v) is 2.07. The summed E-state index contributed by atoms with van der Waals surface area (Å²) in [6.45, 7) is 4.68. The van der Waals surface area contributed by atoms with Gasteiger partial charge in [-0.3, -0.25) is 4.79 Å². The van der Waals surface area contributed by atoms with Crippen molar-refractivity contribution in [3.63, 3.8) is 0 Å². The minimum atomic E-state index is -0.129. The second kappa shape index (κ2) is 2.91. The number of carbonyl (C=O) groups excluding carboxylic acids is 1. The number of ether oxygens (including phenoxy) is 1. The molecule has 0 bridgehead atoms. The molecule has 11 heavy (non-hydrogen) atoms. The van der Waals surface area contributed by atoms with E-state index in [4.69, 9.17) is 10.5 Å².